The Morgan fingerprint density at radius 3 is 2.62 bits per heavy atom. The van der Waals surface area contributed by atoms with Crippen LogP contribution in [0.5, 0.6) is 5.75 Å². The fourth-order valence-electron chi connectivity index (χ4n) is 3.92. The van der Waals surface area contributed by atoms with Gasteiger partial charge in [0.1, 0.15) is 34.5 Å². The fourth-order valence-corrected chi connectivity index (χ4v) is 4.12. The normalized spacial score (nSPS) is 14.7. The maximum Gasteiger partial charge on any atom is 0.277 e. The molecule has 0 amide bonds. The number of aryl methyl sites for hydroxylation is 1. The van der Waals surface area contributed by atoms with Gasteiger partial charge in [-0.25, -0.2) is 18.7 Å². The van der Waals surface area contributed by atoms with Crippen LogP contribution >= 0.6 is 11.6 Å². The molecule has 8 nitrogen and oxygen atoms in total. The molecule has 1 aliphatic rings. The topological polar surface area (TPSA) is 102 Å². The third-order valence-electron chi connectivity index (χ3n) is 6.23. The number of rotatable bonds is 9. The van der Waals surface area contributed by atoms with E-state index in [0.717, 1.165) is 24.6 Å². The van der Waals surface area contributed by atoms with Crippen LogP contribution in [-0.4, -0.2) is 30.8 Å². The molecule has 3 aromatic heterocycles. The van der Waals surface area contributed by atoms with E-state index < -0.39 is 22.8 Å². The molecule has 0 radical (unpaired) electrons. The smallest absolute Gasteiger partial charge is 0.277 e. The summed E-state index contributed by atoms with van der Waals surface area (Å²) in [5, 5.41) is 10.2. The first kappa shape index (κ1) is 29.2. The summed E-state index contributed by atoms with van der Waals surface area (Å²) < 4.78 is 33.9. The number of aliphatic hydroxyl groups is 1. The van der Waals surface area contributed by atoms with E-state index in [0.29, 0.717) is 40.5 Å². The molecular formula is C29H30ClF2N5O3. The Labute approximate surface area is 235 Å². The highest BCUT2D eigenvalue weighted by atomic mass is 35.5. The summed E-state index contributed by atoms with van der Waals surface area (Å²) in [7, 11) is 0. The van der Waals surface area contributed by atoms with Gasteiger partial charge in [0.2, 0.25) is 0 Å². The second-order valence-electron chi connectivity index (χ2n) is 10.1. The summed E-state index contributed by atoms with van der Waals surface area (Å²) in [5.41, 5.74) is 1.59. The van der Waals surface area contributed by atoms with Crippen LogP contribution in [0.1, 0.15) is 74.9 Å². The van der Waals surface area contributed by atoms with E-state index in [1.54, 1.807) is 52.4 Å². The van der Waals surface area contributed by atoms with Crippen molar-refractivity contribution < 1.29 is 18.6 Å². The van der Waals surface area contributed by atoms with Crippen molar-refractivity contribution in [1.29, 1.82) is 0 Å². The number of halogens is 3. The molecule has 0 aromatic carbocycles. The van der Waals surface area contributed by atoms with E-state index >= 15 is 0 Å². The van der Waals surface area contributed by atoms with E-state index in [-0.39, 0.29) is 23.1 Å². The highest BCUT2D eigenvalue weighted by Crippen LogP contribution is 2.43. The van der Waals surface area contributed by atoms with Gasteiger partial charge in [-0.3, -0.25) is 19.3 Å². The number of aliphatic imine (C=N–C) groups is 1. The molecule has 0 aliphatic heterocycles. The van der Waals surface area contributed by atoms with Gasteiger partial charge in [0.05, 0.1) is 17.6 Å². The number of allylic oxidation sites excluding steroid dienone is 2. The number of pyridine rings is 2. The Balaban J connectivity index is 1.58. The molecule has 4 rings (SSSR count). The highest BCUT2D eigenvalue weighted by Gasteiger charge is 2.30. The van der Waals surface area contributed by atoms with Crippen LogP contribution in [0.25, 0.3) is 11.9 Å². The molecule has 0 saturated heterocycles. The monoisotopic (exact) mass is 569 g/mol. The van der Waals surface area contributed by atoms with Crippen LogP contribution in [-0.2, 0) is 12.2 Å². The third kappa shape index (κ3) is 6.68. The predicted molar refractivity (Wildman–Crippen MR) is 150 cm³/mol. The van der Waals surface area contributed by atoms with Crippen molar-refractivity contribution in [3.8, 4) is 5.75 Å². The van der Waals surface area contributed by atoms with Gasteiger partial charge in [0.25, 0.3) is 5.56 Å². The lowest BCUT2D eigenvalue weighted by Gasteiger charge is -2.18. The zero-order valence-corrected chi connectivity index (χ0v) is 23.6. The van der Waals surface area contributed by atoms with Gasteiger partial charge in [-0.05, 0) is 59.0 Å². The number of aromatic nitrogens is 4. The molecule has 1 aliphatic carbocycles. The minimum Gasteiger partial charge on any atom is -0.485 e. The summed E-state index contributed by atoms with van der Waals surface area (Å²) in [6.07, 6.45) is 9.80. The average molecular weight is 570 g/mol. The van der Waals surface area contributed by atoms with E-state index in [9.17, 15) is 18.7 Å². The summed E-state index contributed by atoms with van der Waals surface area (Å²) >= 11 is 6.28. The van der Waals surface area contributed by atoms with Gasteiger partial charge in [-0.1, -0.05) is 17.7 Å². The van der Waals surface area contributed by atoms with Crippen LogP contribution < -0.4 is 10.3 Å². The molecule has 210 valence electrons. The lowest BCUT2D eigenvalue weighted by molar-refractivity contribution is 0.0685. The van der Waals surface area contributed by atoms with Crippen LogP contribution in [0.4, 0.5) is 8.78 Å². The Morgan fingerprint density at radius 1 is 1.27 bits per heavy atom. The maximum atomic E-state index is 13.9. The van der Waals surface area contributed by atoms with Crippen molar-refractivity contribution in [1.82, 2.24) is 19.5 Å². The SMILES string of the molecule is C\C=C(/N=C\C(C)=C\n1c(C)cc(OCc2ncc(F)cc2F)c(Cl)c1=O)c1nc(C(C)(C)O)ncc1C1CC1. The first-order valence-corrected chi connectivity index (χ1v) is 13.1. The summed E-state index contributed by atoms with van der Waals surface area (Å²) in [5.74, 6) is -0.926. The summed E-state index contributed by atoms with van der Waals surface area (Å²) in [6.45, 7) is 8.27. The van der Waals surface area contributed by atoms with Crippen LogP contribution in [0, 0.1) is 18.6 Å². The highest BCUT2D eigenvalue weighted by molar-refractivity contribution is 6.31. The second-order valence-corrected chi connectivity index (χ2v) is 10.5. The number of hydrogen-bond donors (Lipinski definition) is 1. The Morgan fingerprint density at radius 2 is 2.00 bits per heavy atom. The lowest BCUT2D eigenvalue weighted by Crippen LogP contribution is -2.21. The van der Waals surface area contributed by atoms with Gasteiger partial charge in [-0.15, -0.1) is 0 Å². The maximum absolute atomic E-state index is 13.9. The van der Waals surface area contributed by atoms with E-state index in [1.807, 2.05) is 13.0 Å². The summed E-state index contributed by atoms with van der Waals surface area (Å²) in [6, 6.07) is 2.25. The van der Waals surface area contributed by atoms with Crippen LogP contribution in [0.2, 0.25) is 5.02 Å². The number of hydrogen-bond acceptors (Lipinski definition) is 7. The predicted octanol–water partition coefficient (Wildman–Crippen LogP) is 5.95. The molecule has 40 heavy (non-hydrogen) atoms. The van der Waals surface area contributed by atoms with Gasteiger partial charge in [0, 0.05) is 42.0 Å². The first-order valence-electron chi connectivity index (χ1n) is 12.7. The van der Waals surface area contributed by atoms with Crippen molar-refractivity contribution in [3.05, 3.63) is 91.7 Å². The second kappa shape index (κ2) is 11.8. The Kier molecular flexibility index (Phi) is 8.60. The van der Waals surface area contributed by atoms with Crippen molar-refractivity contribution >= 4 is 29.7 Å². The first-order chi connectivity index (χ1) is 18.9. The molecule has 3 heterocycles. The van der Waals surface area contributed by atoms with Crippen LogP contribution in [0.3, 0.4) is 0 Å². The van der Waals surface area contributed by atoms with E-state index in [1.165, 1.54) is 4.57 Å². The molecule has 0 spiro atoms. The minimum absolute atomic E-state index is 0.0563. The van der Waals surface area contributed by atoms with Gasteiger partial charge < -0.3 is 9.84 Å². The quantitative estimate of drug-likeness (QED) is 0.319. The van der Waals surface area contributed by atoms with Crippen molar-refractivity contribution in [2.75, 3.05) is 0 Å². The zero-order valence-electron chi connectivity index (χ0n) is 22.9. The molecular weight excluding hydrogens is 540 g/mol. The molecule has 11 heteroatoms. The lowest BCUT2D eigenvalue weighted by atomic mass is 10.1. The van der Waals surface area contributed by atoms with Gasteiger partial charge in [0.15, 0.2) is 11.6 Å². The third-order valence-corrected chi connectivity index (χ3v) is 6.58. The minimum atomic E-state index is -1.20. The molecule has 1 fully saturated rings. The Hall–Kier alpha value is -3.76. The van der Waals surface area contributed by atoms with Crippen LogP contribution in [0.15, 0.2) is 46.0 Å². The molecule has 3 aromatic rings. The number of ether oxygens (including phenoxy) is 1. The van der Waals surface area contributed by atoms with Crippen molar-refractivity contribution in [3.63, 3.8) is 0 Å². The number of nitrogens with zero attached hydrogens (tertiary/aromatic N) is 5. The van der Waals surface area contributed by atoms with Gasteiger partial charge in [-0.2, -0.15) is 0 Å². The molecule has 0 unspecified atom stereocenters. The van der Waals surface area contributed by atoms with E-state index in [2.05, 4.69) is 19.9 Å². The van der Waals surface area contributed by atoms with E-state index in [4.69, 9.17) is 16.3 Å². The molecule has 0 bridgehead atoms. The average Bonchev–Trinajstić information content (AvgIpc) is 3.74. The molecule has 1 saturated carbocycles. The zero-order chi connectivity index (χ0) is 29.2. The standard InChI is InChI=1S/C29H30ClF2N5O3/c1-6-22(26-20(18-7-8-18)13-35-28(36-26)29(4,5)39)33-11-16(2)14-37-17(3)9-24(25(30)27(37)38)40-15-23-21(32)10-19(31)12-34-23/h6,9-14,18,39H,7-8,15H2,1-5H3/b16-14+,22-6-,33-11-. The molecule has 0 atom stereocenters. The summed E-state index contributed by atoms with van der Waals surface area (Å²) in [4.78, 5) is 30.3. The fraction of sp³-hybridized carbons (Fsp3) is 0.345. The molecule has 1 N–H and O–H groups in total. The Bertz CT molecular complexity index is 1590. The largest absolute Gasteiger partial charge is 0.485 e. The van der Waals surface area contributed by atoms with Crippen molar-refractivity contribution in [2.24, 2.45) is 4.99 Å². The van der Waals surface area contributed by atoms with Gasteiger partial charge >= 0.3 is 0 Å². The van der Waals surface area contributed by atoms with Crippen molar-refractivity contribution in [2.45, 2.75) is 65.6 Å².